The van der Waals surface area contributed by atoms with Crippen molar-refractivity contribution in [3.05, 3.63) is 0 Å². The first kappa shape index (κ1) is 13.3. The van der Waals surface area contributed by atoms with Crippen molar-refractivity contribution in [2.24, 2.45) is 5.41 Å². The number of β-amino-alcohol motifs (C(OH)–C–C–N with tert-alkyl or cyclic N) is 1. The molecule has 6 heteroatoms. The minimum Gasteiger partial charge on any atom is -0.480 e. The van der Waals surface area contributed by atoms with E-state index in [1.807, 2.05) is 6.92 Å². The van der Waals surface area contributed by atoms with Gasteiger partial charge in [-0.1, -0.05) is 6.92 Å². The van der Waals surface area contributed by atoms with Crippen LogP contribution in [0.25, 0.3) is 0 Å². The second kappa shape index (κ2) is 4.85. The van der Waals surface area contributed by atoms with Crippen LogP contribution >= 0.6 is 0 Å². The number of piperidine rings is 1. The predicted molar refractivity (Wildman–Crippen MR) is 64.0 cm³/mol. The van der Waals surface area contributed by atoms with Gasteiger partial charge in [0.05, 0.1) is 6.10 Å². The topological polar surface area (TPSA) is 89.9 Å². The summed E-state index contributed by atoms with van der Waals surface area (Å²) in [5.41, 5.74) is -0.497. The number of hydrogen-bond donors (Lipinski definition) is 3. The van der Waals surface area contributed by atoms with E-state index in [0.717, 1.165) is 13.1 Å². The van der Waals surface area contributed by atoms with Crippen LogP contribution in [0.1, 0.15) is 26.2 Å². The Labute approximate surface area is 106 Å². The van der Waals surface area contributed by atoms with Gasteiger partial charge in [-0.3, -0.25) is 4.79 Å². The molecule has 0 aromatic rings. The highest BCUT2D eigenvalue weighted by Crippen LogP contribution is 2.33. The molecule has 102 valence electrons. The number of nitrogens with zero attached hydrogens (tertiary/aromatic N) is 1. The minimum absolute atomic E-state index is 0.132. The molecule has 0 radical (unpaired) electrons. The lowest BCUT2D eigenvalue weighted by Gasteiger charge is -2.37. The molecular formula is C12H20N2O4. The van der Waals surface area contributed by atoms with E-state index in [-0.39, 0.29) is 18.9 Å². The van der Waals surface area contributed by atoms with E-state index in [4.69, 9.17) is 5.11 Å². The van der Waals surface area contributed by atoms with Gasteiger partial charge >= 0.3 is 5.97 Å². The molecule has 1 unspecified atom stereocenters. The van der Waals surface area contributed by atoms with Crippen LogP contribution in [0.4, 0.5) is 0 Å². The van der Waals surface area contributed by atoms with Crippen LogP contribution in [0.2, 0.25) is 0 Å². The maximum absolute atomic E-state index is 12.5. The number of rotatable bonds is 2. The zero-order chi connectivity index (χ0) is 13.3. The van der Waals surface area contributed by atoms with Crippen LogP contribution in [-0.2, 0) is 9.59 Å². The van der Waals surface area contributed by atoms with E-state index in [2.05, 4.69) is 5.32 Å². The molecule has 2 aliphatic heterocycles. The number of hydrogen-bond acceptors (Lipinski definition) is 4. The lowest BCUT2D eigenvalue weighted by atomic mass is 9.79. The second-order valence-electron chi connectivity index (χ2n) is 5.51. The van der Waals surface area contributed by atoms with Crippen molar-refractivity contribution in [1.29, 1.82) is 0 Å². The van der Waals surface area contributed by atoms with E-state index in [1.165, 1.54) is 4.90 Å². The highest BCUT2D eigenvalue weighted by Gasteiger charge is 2.45. The summed E-state index contributed by atoms with van der Waals surface area (Å²) in [6, 6.07) is -0.876. The zero-order valence-corrected chi connectivity index (χ0v) is 10.6. The van der Waals surface area contributed by atoms with Crippen molar-refractivity contribution in [2.45, 2.75) is 38.3 Å². The molecule has 18 heavy (non-hydrogen) atoms. The largest absolute Gasteiger partial charge is 0.480 e. The molecule has 0 bridgehead atoms. The molecule has 0 aromatic carbocycles. The Hall–Kier alpha value is -1.14. The Morgan fingerprint density at radius 3 is 2.50 bits per heavy atom. The predicted octanol–water partition coefficient (Wildman–Crippen LogP) is -0.577. The Morgan fingerprint density at radius 2 is 1.94 bits per heavy atom. The summed E-state index contributed by atoms with van der Waals surface area (Å²) in [5, 5.41) is 21.9. The molecule has 0 aliphatic carbocycles. The number of aliphatic hydroxyl groups is 1. The molecule has 6 nitrogen and oxygen atoms in total. The number of nitrogens with one attached hydrogen (secondary N) is 1. The van der Waals surface area contributed by atoms with Gasteiger partial charge in [0.25, 0.3) is 0 Å². The first-order valence-corrected chi connectivity index (χ1v) is 6.37. The number of carbonyl (C=O) groups excluding carboxylic acids is 1. The van der Waals surface area contributed by atoms with Crippen LogP contribution in [0, 0.1) is 5.41 Å². The summed E-state index contributed by atoms with van der Waals surface area (Å²) in [6.45, 7) is 3.57. The average molecular weight is 256 g/mol. The first-order chi connectivity index (χ1) is 8.44. The zero-order valence-electron chi connectivity index (χ0n) is 10.6. The SMILES string of the molecule is CC1(C(=O)N2CC(O)C[C@H]2C(=O)O)CCNCC1. The number of carboxylic acid groups (broad SMARTS) is 1. The Bertz CT molecular complexity index is 352. The number of aliphatic hydroxyl groups excluding tert-OH is 1. The third-order valence-corrected chi connectivity index (χ3v) is 4.05. The number of aliphatic carboxylic acids is 1. The molecular weight excluding hydrogens is 236 g/mol. The molecule has 3 N–H and O–H groups in total. The van der Waals surface area contributed by atoms with Crippen LogP contribution in [0.5, 0.6) is 0 Å². The van der Waals surface area contributed by atoms with E-state index in [0.29, 0.717) is 12.8 Å². The smallest absolute Gasteiger partial charge is 0.326 e. The molecule has 1 amide bonds. The van der Waals surface area contributed by atoms with Crippen molar-refractivity contribution < 1.29 is 19.8 Å². The van der Waals surface area contributed by atoms with Crippen molar-refractivity contribution in [1.82, 2.24) is 10.2 Å². The summed E-state index contributed by atoms with van der Waals surface area (Å²) < 4.78 is 0. The van der Waals surface area contributed by atoms with Crippen LogP contribution in [0.15, 0.2) is 0 Å². The monoisotopic (exact) mass is 256 g/mol. The summed E-state index contributed by atoms with van der Waals surface area (Å²) in [6.07, 6.45) is 0.839. The van der Waals surface area contributed by atoms with E-state index < -0.39 is 23.5 Å². The average Bonchev–Trinajstić information content (AvgIpc) is 2.71. The fourth-order valence-corrected chi connectivity index (χ4v) is 2.81. The lowest BCUT2D eigenvalue weighted by molar-refractivity contribution is -0.153. The molecule has 0 saturated carbocycles. The highest BCUT2D eigenvalue weighted by molar-refractivity contribution is 5.88. The van der Waals surface area contributed by atoms with E-state index in [9.17, 15) is 14.7 Å². The van der Waals surface area contributed by atoms with Gasteiger partial charge in [-0.25, -0.2) is 4.79 Å². The number of amides is 1. The molecule has 2 aliphatic rings. The van der Waals surface area contributed by atoms with Crippen LogP contribution in [-0.4, -0.2) is 58.8 Å². The van der Waals surface area contributed by atoms with Gasteiger partial charge < -0.3 is 20.4 Å². The number of carbonyl (C=O) groups is 2. The van der Waals surface area contributed by atoms with E-state index in [1.54, 1.807) is 0 Å². The number of carboxylic acids is 1. The second-order valence-corrected chi connectivity index (χ2v) is 5.51. The van der Waals surface area contributed by atoms with Gasteiger partial charge in [-0.05, 0) is 25.9 Å². The Kier molecular flexibility index (Phi) is 3.59. The first-order valence-electron chi connectivity index (χ1n) is 6.37. The molecule has 2 atom stereocenters. The molecule has 2 rings (SSSR count). The highest BCUT2D eigenvalue weighted by atomic mass is 16.4. The molecule has 0 spiro atoms. The van der Waals surface area contributed by atoms with Gasteiger partial charge in [0, 0.05) is 18.4 Å². The molecule has 2 saturated heterocycles. The molecule has 2 heterocycles. The standard InChI is InChI=1S/C12H20N2O4/c1-12(2-4-13-5-3-12)11(18)14-7-8(15)6-9(14)10(16)17/h8-9,13,15H,2-7H2,1H3,(H,16,17)/t8?,9-/m0/s1. The summed E-state index contributed by atoms with van der Waals surface area (Å²) in [4.78, 5) is 25.0. The van der Waals surface area contributed by atoms with Crippen LogP contribution in [0.3, 0.4) is 0 Å². The van der Waals surface area contributed by atoms with Gasteiger partial charge in [-0.15, -0.1) is 0 Å². The normalized spacial score (nSPS) is 31.3. The lowest BCUT2D eigenvalue weighted by Crippen LogP contribution is -2.51. The summed E-state index contributed by atoms with van der Waals surface area (Å²) >= 11 is 0. The fourth-order valence-electron chi connectivity index (χ4n) is 2.81. The quantitative estimate of drug-likeness (QED) is 0.615. The van der Waals surface area contributed by atoms with Gasteiger partial charge in [0.2, 0.25) is 5.91 Å². The third kappa shape index (κ3) is 2.35. The maximum Gasteiger partial charge on any atom is 0.326 e. The van der Waals surface area contributed by atoms with E-state index >= 15 is 0 Å². The molecule has 2 fully saturated rings. The summed E-state index contributed by atoms with van der Waals surface area (Å²) in [7, 11) is 0. The van der Waals surface area contributed by atoms with Crippen LogP contribution < -0.4 is 5.32 Å². The fraction of sp³-hybridized carbons (Fsp3) is 0.833. The summed E-state index contributed by atoms with van der Waals surface area (Å²) in [5.74, 6) is -1.16. The van der Waals surface area contributed by atoms with Crippen molar-refractivity contribution >= 4 is 11.9 Å². The van der Waals surface area contributed by atoms with Crippen molar-refractivity contribution in [3.63, 3.8) is 0 Å². The van der Waals surface area contributed by atoms with Crippen molar-refractivity contribution in [2.75, 3.05) is 19.6 Å². The Balaban J connectivity index is 2.14. The van der Waals surface area contributed by atoms with Gasteiger partial charge in [0.1, 0.15) is 6.04 Å². The third-order valence-electron chi connectivity index (χ3n) is 4.05. The van der Waals surface area contributed by atoms with Gasteiger partial charge in [0.15, 0.2) is 0 Å². The minimum atomic E-state index is -1.03. The van der Waals surface area contributed by atoms with Crippen molar-refractivity contribution in [3.8, 4) is 0 Å². The molecule has 0 aromatic heterocycles. The number of likely N-dealkylation sites (tertiary alicyclic amines) is 1. The Morgan fingerprint density at radius 1 is 1.33 bits per heavy atom. The van der Waals surface area contributed by atoms with Gasteiger partial charge in [-0.2, -0.15) is 0 Å². The maximum atomic E-state index is 12.5.